The molecule has 0 radical (unpaired) electrons. The molecule has 6 fully saturated rings. The molecule has 2 saturated carbocycles. The first-order chi connectivity index (χ1) is 37.8. The van der Waals surface area contributed by atoms with Crippen molar-refractivity contribution in [3.63, 3.8) is 0 Å². The Hall–Kier alpha value is 8.12. The maximum atomic E-state index is 13.7. The number of carboxylic acids is 1. The Labute approximate surface area is 667 Å². The number of piperazine rings is 1. The van der Waals surface area contributed by atoms with Gasteiger partial charge in [0, 0.05) is 51.4 Å². The number of carbonyl (C=O) groups is 2. The van der Waals surface area contributed by atoms with Crippen LogP contribution in [0, 0.1) is 17.8 Å². The SMILES string of the molecule is CN(CC1CC1)[C@H]1COC[C@@H]2[C@@H]1CCCN2Cc1ccccc1.CN(CC1CC1)[C@H]1COC[C@@H]2[C@@H]1N(C(=O)Cc1ccc(Cl)c(Cl)c1)CCN2Cc1ccccc1.O=C(O)Cc1ccc(Cl)c(Cl)c1.[2H]CF.[H-].[K+].[K][K].[K][K].[K][K]. The number of amides is 1. The Morgan fingerprint density at radius 2 is 1.08 bits per heavy atom. The molecule has 10 rings (SSSR count). The normalized spacial score (nSPS) is 22.6. The zero-order chi connectivity index (χ0) is 57.1. The van der Waals surface area contributed by atoms with Gasteiger partial charge in [-0.15, -0.1) is 0 Å². The van der Waals surface area contributed by atoms with Gasteiger partial charge in [0.2, 0.25) is 5.91 Å². The van der Waals surface area contributed by atoms with E-state index < -0.39 is 13.1 Å². The maximum absolute atomic E-state index is 13.7. The van der Waals surface area contributed by atoms with Crippen molar-refractivity contribution in [3.05, 3.63) is 139 Å². The Balaban J connectivity index is 0.000000411. The number of piperidine rings is 1. The number of benzene rings is 4. The molecule has 0 spiro atoms. The van der Waals surface area contributed by atoms with Crippen LogP contribution in [0.5, 0.6) is 0 Å². The minimum absolute atomic E-state index is 0. The van der Waals surface area contributed by atoms with E-state index in [1.54, 1.807) is 24.3 Å². The average Bonchev–Trinajstić information content (AvgIpc) is 4.51. The van der Waals surface area contributed by atoms with E-state index in [0.29, 0.717) is 57.4 Å². The number of rotatable bonds is 14. The number of hydrogen-bond donors (Lipinski definition) is 1. The topological polar surface area (TPSA) is 89.0 Å². The van der Waals surface area contributed by atoms with Crippen LogP contribution in [0.1, 0.15) is 63.6 Å². The van der Waals surface area contributed by atoms with Crippen LogP contribution in [-0.4, -0.2) is 342 Å². The van der Waals surface area contributed by atoms with Crippen LogP contribution in [-0.2, 0) is 45.0 Å². The fraction of sp³-hybridized carbons (Fsp3) is 0.536. The van der Waals surface area contributed by atoms with Crippen molar-refractivity contribution in [2.75, 3.05) is 80.4 Å². The molecule has 4 aliphatic heterocycles. The monoisotopic (exact) mass is 1330 g/mol. The van der Waals surface area contributed by atoms with E-state index in [4.69, 9.17) is 62.4 Å². The number of halogens is 5. The van der Waals surface area contributed by atoms with Gasteiger partial charge in [0.25, 0.3) is 0 Å². The fourth-order valence-electron chi connectivity index (χ4n) is 10.9. The van der Waals surface area contributed by atoms with Crippen LogP contribution >= 0.6 is 46.4 Å². The van der Waals surface area contributed by atoms with Gasteiger partial charge in [-0.3, -0.25) is 28.7 Å². The third kappa shape index (κ3) is 28.4. The molecule has 0 bridgehead atoms. The molecule has 22 heteroatoms. The summed E-state index contributed by atoms with van der Waals surface area (Å²) in [5.74, 6) is 1.80. The third-order valence-corrected chi connectivity index (χ3v) is 16.4. The Kier molecular flexibility index (Phi) is 46.6. The van der Waals surface area contributed by atoms with Gasteiger partial charge in [-0.05, 0) is 123 Å². The molecule has 1 amide bonds. The van der Waals surface area contributed by atoms with Crippen LogP contribution in [0.25, 0.3) is 0 Å². The second-order valence-corrected chi connectivity index (χ2v) is 21.8. The van der Waals surface area contributed by atoms with Crippen molar-refractivity contribution >= 4 is 248 Å². The van der Waals surface area contributed by atoms with Crippen LogP contribution < -0.4 is 51.4 Å². The minimum atomic E-state index is -1.00. The number of alkyl halides is 1. The third-order valence-electron chi connectivity index (χ3n) is 14.9. The summed E-state index contributed by atoms with van der Waals surface area (Å²) in [6.45, 7) is 10.3. The molecule has 394 valence electrons. The number of likely N-dealkylation sites (N-methyl/N-ethyl adjacent to an activating group) is 2. The predicted octanol–water partition coefficient (Wildman–Crippen LogP) is 5.40. The first-order valence-electron chi connectivity index (χ1n) is 28.9. The second kappa shape index (κ2) is 46.3. The summed E-state index contributed by atoms with van der Waals surface area (Å²) in [5.41, 5.74) is 4.28. The fourth-order valence-corrected chi connectivity index (χ4v) is 11.6. The van der Waals surface area contributed by atoms with Gasteiger partial charge in [0.05, 0.1) is 86.0 Å². The van der Waals surface area contributed by atoms with Crippen LogP contribution in [0.15, 0.2) is 97.1 Å². The molecule has 4 saturated heterocycles. The quantitative estimate of drug-likeness (QED) is 0.167. The standard InChI is InChI=1S/C27H33Cl2N3O2.C20H30N2O.C8H6Cl2O2.CH3F.7K.H/c1-30(15-20-7-8-20)24-17-34-18-25-27(24)32(12-11-31(25)16-19-5-3-2-4-6-19)26(33)14-21-9-10-22(28)23(29)13-21;1-21(12-17-9-10-17)19-14-23-15-20-18(19)8-5-11-22(20)13-16-6-3-2-4-7-16;9-6-2-1-5(3-7(6)10)4-8(11)12;1-2;;;;;;;;/h2-6,9-10,13,20,24-25,27H,7-8,11-12,14-18H2,1H3;2-4,6-7,17-20H,5,8-15H2,1H3;1-3H,4H2,(H,11,12);1H3;;;;;;;;/q;;;;;;;;;;+1;-1/t24-,25+,27+;18-,19+,20-;;;;;;;;;;/m01........../s1/i;;;1D;;;;;;;;. The first-order valence-corrected chi connectivity index (χ1v) is 77.7. The van der Waals surface area contributed by atoms with Gasteiger partial charge in [0.15, 0.2) is 0 Å². The molecule has 4 heterocycles. The number of carbonyl (C=O) groups excluding carboxylic acids is 1. The molecule has 0 unspecified atom stereocenters. The van der Waals surface area contributed by atoms with Crippen molar-refractivity contribution in [1.82, 2.24) is 24.5 Å². The molecular weight excluding hydrogens is 1260 g/mol. The van der Waals surface area contributed by atoms with Gasteiger partial charge in [-0.2, -0.15) is 0 Å². The van der Waals surface area contributed by atoms with Crippen molar-refractivity contribution in [3.8, 4) is 0 Å². The molecule has 6 aliphatic rings. The summed E-state index contributed by atoms with van der Waals surface area (Å²) in [4.78, 5) is 36.3. The zero-order valence-corrected chi connectivity index (χ0v) is 73.1. The van der Waals surface area contributed by atoms with E-state index in [1.807, 2.05) is 12.1 Å². The summed E-state index contributed by atoms with van der Waals surface area (Å²) in [6.07, 6.45) is 8.51. The number of nitrogens with zero attached hydrogens (tertiary/aromatic N) is 5. The van der Waals surface area contributed by atoms with Gasteiger partial charge >= 0.3 is 247 Å². The average molecular weight is 1330 g/mol. The van der Waals surface area contributed by atoms with Gasteiger partial charge < -0.3 is 25.8 Å². The Morgan fingerprint density at radius 1 is 0.628 bits per heavy atom. The molecular formula is C56H73Cl4FK7N5O5. The summed E-state index contributed by atoms with van der Waals surface area (Å²) in [5, 5.41) is 10.3. The summed E-state index contributed by atoms with van der Waals surface area (Å²) in [7, 11) is 3.53. The van der Waals surface area contributed by atoms with Crippen molar-refractivity contribution in [1.29, 1.82) is 0 Å². The van der Waals surface area contributed by atoms with E-state index in [9.17, 15) is 14.0 Å². The Bertz CT molecular complexity index is 2360. The number of aliphatic carboxylic acids is 1. The van der Waals surface area contributed by atoms with Gasteiger partial charge in [0.1, 0.15) is 0 Å². The molecule has 6 atom stereocenters. The molecule has 1 N–H and O–H groups in total. The second-order valence-electron chi connectivity index (χ2n) is 20.2. The molecule has 10 nitrogen and oxygen atoms in total. The summed E-state index contributed by atoms with van der Waals surface area (Å²) >= 11 is 31.1. The molecule has 4 aromatic carbocycles. The summed E-state index contributed by atoms with van der Waals surface area (Å²) < 4.78 is 27.7. The molecule has 0 aromatic heterocycles. The Morgan fingerprint density at radius 3 is 1.55 bits per heavy atom. The van der Waals surface area contributed by atoms with E-state index in [-0.39, 0.29) is 83.3 Å². The van der Waals surface area contributed by atoms with Crippen molar-refractivity contribution < 1.29 is 82.7 Å². The first kappa shape index (κ1) is 78.6. The van der Waals surface area contributed by atoms with Gasteiger partial charge in [-0.1, -0.05) is 119 Å². The number of ether oxygens (including phenoxy) is 2. The number of carboxylic acid groups (broad SMARTS) is 1. The molecule has 2 aliphatic carbocycles. The van der Waals surface area contributed by atoms with Crippen molar-refractivity contribution in [2.24, 2.45) is 17.8 Å². The predicted molar refractivity (Wildman–Crippen MR) is 320 cm³/mol. The molecule has 78 heavy (non-hydrogen) atoms. The van der Waals surface area contributed by atoms with E-state index in [0.717, 1.165) is 69.3 Å². The molecule has 4 aromatic rings. The van der Waals surface area contributed by atoms with E-state index in [2.05, 4.69) is 99.3 Å². The van der Waals surface area contributed by atoms with E-state index in [1.165, 1.54) is 252 Å². The number of fused-ring (bicyclic) bond motifs is 2. The van der Waals surface area contributed by atoms with Crippen LogP contribution in [0.2, 0.25) is 20.1 Å². The van der Waals surface area contributed by atoms with Gasteiger partial charge in [-0.25, -0.2) is 0 Å². The van der Waals surface area contributed by atoms with E-state index >= 15 is 0 Å². The zero-order valence-electron chi connectivity index (χ0n) is 50.2. The summed E-state index contributed by atoms with van der Waals surface area (Å²) in [6, 6.07) is 33.5. The number of hydrogen-bond acceptors (Lipinski definition) is 8. The van der Waals surface area contributed by atoms with Crippen molar-refractivity contribution in [2.45, 2.75) is 94.7 Å². The van der Waals surface area contributed by atoms with Crippen LogP contribution in [0.4, 0.5) is 4.39 Å². The number of likely N-dealkylation sites (tertiary alicyclic amines) is 1. The van der Waals surface area contributed by atoms with Crippen LogP contribution in [0.3, 0.4) is 0 Å².